The summed E-state index contributed by atoms with van der Waals surface area (Å²) in [5, 5.41) is 9.85. The molecule has 0 radical (unpaired) electrons. The van der Waals surface area contributed by atoms with Crippen LogP contribution in [0.4, 0.5) is 4.79 Å². The van der Waals surface area contributed by atoms with Gasteiger partial charge in [-0.25, -0.2) is 4.79 Å². The molecule has 0 saturated carbocycles. The smallest absolute Gasteiger partial charge is 0.315 e. The van der Waals surface area contributed by atoms with Crippen LogP contribution in [0.5, 0.6) is 0 Å². The van der Waals surface area contributed by atoms with Gasteiger partial charge in [-0.2, -0.15) is 11.3 Å². The minimum Gasteiger partial charge on any atom is -0.472 e. The van der Waals surface area contributed by atoms with Gasteiger partial charge in [-0.3, -0.25) is 0 Å². The van der Waals surface area contributed by atoms with Crippen LogP contribution in [0.2, 0.25) is 0 Å². The SMILES string of the molecule is CN(C)[C@H](CNC(=O)NCc1ccoc1)c1ccsc1. The van der Waals surface area contributed by atoms with Crippen LogP contribution in [0.1, 0.15) is 17.2 Å². The summed E-state index contributed by atoms with van der Waals surface area (Å²) in [4.78, 5) is 13.9. The molecule has 0 bridgehead atoms. The number of rotatable bonds is 6. The van der Waals surface area contributed by atoms with E-state index in [4.69, 9.17) is 4.42 Å². The van der Waals surface area contributed by atoms with Gasteiger partial charge in [0.05, 0.1) is 18.6 Å². The molecule has 0 unspecified atom stereocenters. The highest BCUT2D eigenvalue weighted by Gasteiger charge is 2.15. The Morgan fingerprint density at radius 1 is 1.40 bits per heavy atom. The van der Waals surface area contributed by atoms with E-state index in [1.807, 2.05) is 25.5 Å². The monoisotopic (exact) mass is 293 g/mol. The molecule has 0 aliphatic carbocycles. The predicted molar refractivity (Wildman–Crippen MR) is 79.7 cm³/mol. The van der Waals surface area contributed by atoms with Gasteiger partial charge in [-0.1, -0.05) is 0 Å². The number of nitrogens with one attached hydrogen (secondary N) is 2. The fourth-order valence-electron chi connectivity index (χ4n) is 1.89. The Kier molecular flexibility index (Phi) is 5.20. The quantitative estimate of drug-likeness (QED) is 0.860. The molecule has 0 aromatic carbocycles. The van der Waals surface area contributed by atoms with Gasteiger partial charge < -0.3 is 20.0 Å². The normalized spacial score (nSPS) is 12.3. The molecule has 2 rings (SSSR count). The molecule has 1 atom stereocenters. The largest absolute Gasteiger partial charge is 0.472 e. The highest BCUT2D eigenvalue weighted by atomic mass is 32.1. The second-order valence-corrected chi connectivity index (χ2v) is 5.51. The van der Waals surface area contributed by atoms with Gasteiger partial charge in [0.15, 0.2) is 0 Å². The molecule has 0 fully saturated rings. The Balaban J connectivity index is 1.79. The van der Waals surface area contributed by atoms with Crippen LogP contribution in [0.25, 0.3) is 0 Å². The third-order valence-corrected chi connectivity index (χ3v) is 3.74. The van der Waals surface area contributed by atoms with E-state index in [0.29, 0.717) is 13.1 Å². The van der Waals surface area contributed by atoms with Gasteiger partial charge in [-0.05, 0) is 42.6 Å². The fourth-order valence-corrected chi connectivity index (χ4v) is 2.60. The number of hydrogen-bond donors (Lipinski definition) is 2. The average Bonchev–Trinajstić information content (AvgIpc) is 3.09. The Labute approximate surface area is 122 Å². The fraction of sp³-hybridized carbons (Fsp3) is 0.357. The minimum atomic E-state index is -0.173. The standard InChI is InChI=1S/C14H19N3O2S/c1-17(2)13(12-4-6-20-10-12)8-16-14(18)15-7-11-3-5-19-9-11/h3-6,9-10,13H,7-8H2,1-2H3,(H2,15,16,18)/t13-/m1/s1. The summed E-state index contributed by atoms with van der Waals surface area (Å²) in [5.41, 5.74) is 2.16. The number of carbonyl (C=O) groups excluding carboxylic acids is 1. The Morgan fingerprint density at radius 3 is 2.85 bits per heavy atom. The van der Waals surface area contributed by atoms with Crippen LogP contribution in [-0.4, -0.2) is 31.6 Å². The van der Waals surface area contributed by atoms with Crippen LogP contribution < -0.4 is 10.6 Å². The first-order valence-electron chi connectivity index (χ1n) is 6.38. The van der Waals surface area contributed by atoms with Crippen molar-refractivity contribution in [3.8, 4) is 0 Å². The molecule has 0 saturated heterocycles. The van der Waals surface area contributed by atoms with Gasteiger partial charge in [0, 0.05) is 18.7 Å². The molecule has 2 aromatic heterocycles. The van der Waals surface area contributed by atoms with Gasteiger partial charge >= 0.3 is 6.03 Å². The maximum Gasteiger partial charge on any atom is 0.315 e. The van der Waals surface area contributed by atoms with E-state index in [-0.39, 0.29) is 12.1 Å². The molecule has 5 nitrogen and oxygen atoms in total. The minimum absolute atomic E-state index is 0.173. The third kappa shape index (κ3) is 4.11. The van der Waals surface area contributed by atoms with Crippen LogP contribution in [0, 0.1) is 0 Å². The lowest BCUT2D eigenvalue weighted by Crippen LogP contribution is -2.40. The number of amides is 2. The van der Waals surface area contributed by atoms with E-state index in [1.54, 1.807) is 23.9 Å². The maximum atomic E-state index is 11.8. The first kappa shape index (κ1) is 14.6. The molecule has 2 aromatic rings. The summed E-state index contributed by atoms with van der Waals surface area (Å²) >= 11 is 1.66. The molecule has 2 N–H and O–H groups in total. The van der Waals surface area contributed by atoms with Crippen molar-refractivity contribution < 1.29 is 9.21 Å². The number of likely N-dealkylation sites (N-methyl/N-ethyl adjacent to an activating group) is 1. The summed E-state index contributed by atoms with van der Waals surface area (Å²) < 4.78 is 4.95. The number of furan rings is 1. The predicted octanol–water partition coefficient (Wildman–Crippen LogP) is 2.44. The number of thiophene rings is 1. The molecule has 6 heteroatoms. The van der Waals surface area contributed by atoms with Gasteiger partial charge in [0.25, 0.3) is 0 Å². The molecule has 2 amide bonds. The van der Waals surface area contributed by atoms with E-state index in [0.717, 1.165) is 5.56 Å². The lowest BCUT2D eigenvalue weighted by atomic mass is 10.1. The van der Waals surface area contributed by atoms with Crippen molar-refractivity contribution in [2.75, 3.05) is 20.6 Å². The van der Waals surface area contributed by atoms with Crippen molar-refractivity contribution in [3.05, 3.63) is 46.5 Å². The second-order valence-electron chi connectivity index (χ2n) is 4.73. The molecule has 0 aliphatic heterocycles. The summed E-state index contributed by atoms with van der Waals surface area (Å²) in [5.74, 6) is 0. The van der Waals surface area contributed by atoms with Crippen molar-refractivity contribution in [1.29, 1.82) is 0 Å². The molecule has 0 spiro atoms. The van der Waals surface area contributed by atoms with E-state index < -0.39 is 0 Å². The highest BCUT2D eigenvalue weighted by molar-refractivity contribution is 7.07. The molecule has 0 aliphatic rings. The Morgan fingerprint density at radius 2 is 2.25 bits per heavy atom. The summed E-state index contributed by atoms with van der Waals surface area (Å²) in [6.07, 6.45) is 3.21. The first-order chi connectivity index (χ1) is 9.66. The van der Waals surface area contributed by atoms with E-state index in [1.165, 1.54) is 5.56 Å². The van der Waals surface area contributed by atoms with Crippen LogP contribution in [-0.2, 0) is 6.54 Å². The van der Waals surface area contributed by atoms with E-state index in [9.17, 15) is 4.79 Å². The summed E-state index contributed by atoms with van der Waals surface area (Å²) in [6, 6.07) is 3.92. The molecule has 108 valence electrons. The number of hydrogen-bond acceptors (Lipinski definition) is 4. The van der Waals surface area contributed by atoms with Crippen LogP contribution in [0.15, 0.2) is 39.8 Å². The number of carbonyl (C=O) groups is 1. The van der Waals surface area contributed by atoms with Crippen molar-refractivity contribution in [2.45, 2.75) is 12.6 Å². The zero-order chi connectivity index (χ0) is 14.4. The van der Waals surface area contributed by atoms with Crippen molar-refractivity contribution in [3.63, 3.8) is 0 Å². The second kappa shape index (κ2) is 7.12. The van der Waals surface area contributed by atoms with Gasteiger partial charge in [0.1, 0.15) is 0 Å². The lowest BCUT2D eigenvalue weighted by molar-refractivity contribution is 0.232. The van der Waals surface area contributed by atoms with Gasteiger partial charge in [-0.15, -0.1) is 0 Å². The highest BCUT2D eigenvalue weighted by Crippen LogP contribution is 2.19. The van der Waals surface area contributed by atoms with Crippen molar-refractivity contribution in [2.24, 2.45) is 0 Å². The zero-order valence-electron chi connectivity index (χ0n) is 11.6. The molecular formula is C14H19N3O2S. The Bertz CT molecular complexity index is 509. The lowest BCUT2D eigenvalue weighted by Gasteiger charge is -2.24. The van der Waals surface area contributed by atoms with Crippen LogP contribution >= 0.6 is 11.3 Å². The third-order valence-electron chi connectivity index (χ3n) is 3.04. The summed E-state index contributed by atoms with van der Waals surface area (Å²) in [7, 11) is 4.01. The van der Waals surface area contributed by atoms with Crippen LogP contribution in [0.3, 0.4) is 0 Å². The Hall–Kier alpha value is -1.79. The summed E-state index contributed by atoms with van der Waals surface area (Å²) in [6.45, 7) is 1.04. The molecule has 20 heavy (non-hydrogen) atoms. The average molecular weight is 293 g/mol. The van der Waals surface area contributed by atoms with E-state index in [2.05, 4.69) is 27.0 Å². The van der Waals surface area contributed by atoms with Gasteiger partial charge in [0.2, 0.25) is 0 Å². The maximum absolute atomic E-state index is 11.8. The van der Waals surface area contributed by atoms with E-state index >= 15 is 0 Å². The number of urea groups is 1. The van der Waals surface area contributed by atoms with Crippen molar-refractivity contribution in [1.82, 2.24) is 15.5 Å². The molecule has 2 heterocycles. The molecular weight excluding hydrogens is 274 g/mol. The topological polar surface area (TPSA) is 57.5 Å². The first-order valence-corrected chi connectivity index (χ1v) is 7.32. The number of nitrogens with zero attached hydrogens (tertiary/aromatic N) is 1. The zero-order valence-corrected chi connectivity index (χ0v) is 12.4. The van der Waals surface area contributed by atoms with Crippen molar-refractivity contribution >= 4 is 17.4 Å².